The summed E-state index contributed by atoms with van der Waals surface area (Å²) in [6, 6.07) is 19.5. The molecule has 0 saturated heterocycles. The van der Waals surface area contributed by atoms with Gasteiger partial charge >= 0.3 is 0 Å². The molecule has 0 unspecified atom stereocenters. The van der Waals surface area contributed by atoms with E-state index in [-0.39, 0.29) is 11.7 Å². The molecule has 30 heavy (non-hydrogen) atoms. The van der Waals surface area contributed by atoms with Crippen LogP contribution < -0.4 is 15.8 Å². The normalized spacial score (nSPS) is 10.7. The number of aromatic nitrogens is 1. The minimum absolute atomic E-state index is 0.188. The van der Waals surface area contributed by atoms with E-state index in [1.54, 1.807) is 34.7 Å². The number of carbonyl (C=O) groups is 2. The van der Waals surface area contributed by atoms with Gasteiger partial charge in [-0.15, -0.1) is 0 Å². The molecule has 2 heterocycles. The van der Waals surface area contributed by atoms with E-state index in [1.807, 2.05) is 49.5 Å². The van der Waals surface area contributed by atoms with E-state index in [0.717, 1.165) is 5.52 Å². The van der Waals surface area contributed by atoms with Crippen LogP contribution in [0.1, 0.15) is 32.0 Å². The maximum absolute atomic E-state index is 13.4. The quantitative estimate of drug-likeness (QED) is 0.387. The molecule has 1 amide bonds. The number of benzene rings is 2. The molecule has 0 radical (unpaired) electrons. The molecular weight excluding hydrogens is 378 g/mol. The number of methoxy groups -OCH3 is 1. The second kappa shape index (κ2) is 7.75. The van der Waals surface area contributed by atoms with Crippen molar-refractivity contribution >= 4 is 28.6 Å². The van der Waals surface area contributed by atoms with Crippen molar-refractivity contribution in [3.63, 3.8) is 0 Å². The highest BCUT2D eigenvalue weighted by atomic mass is 16.5. The van der Waals surface area contributed by atoms with Gasteiger partial charge in [0.1, 0.15) is 5.75 Å². The van der Waals surface area contributed by atoms with Gasteiger partial charge in [0.05, 0.1) is 29.7 Å². The van der Waals surface area contributed by atoms with Crippen molar-refractivity contribution < 1.29 is 14.3 Å². The predicted octanol–water partition coefficient (Wildman–Crippen LogP) is 4.32. The molecule has 6 heteroatoms. The van der Waals surface area contributed by atoms with Crippen molar-refractivity contribution in [2.24, 2.45) is 0 Å². The Morgan fingerprint density at radius 1 is 0.967 bits per heavy atom. The number of anilines is 2. The number of carbonyl (C=O) groups excluding carboxylic acids is 2. The SMILES string of the molecule is COc1cc(C(=O)c2c(C)c(NC(=O)c3ccccc3)c3ccccn23)ccc1N. The van der Waals surface area contributed by atoms with Crippen LogP contribution in [0.3, 0.4) is 0 Å². The summed E-state index contributed by atoms with van der Waals surface area (Å²) in [6.07, 6.45) is 1.81. The Kier molecular flexibility index (Phi) is 4.98. The molecule has 0 bridgehead atoms. The van der Waals surface area contributed by atoms with Crippen LogP contribution in [0.2, 0.25) is 0 Å². The zero-order chi connectivity index (χ0) is 21.3. The molecule has 2 aromatic carbocycles. The topological polar surface area (TPSA) is 85.8 Å². The number of nitrogens with two attached hydrogens (primary N) is 1. The van der Waals surface area contributed by atoms with Crippen LogP contribution in [0.25, 0.3) is 5.52 Å². The van der Waals surface area contributed by atoms with E-state index in [1.165, 1.54) is 7.11 Å². The maximum atomic E-state index is 13.4. The molecule has 0 aliphatic carbocycles. The van der Waals surface area contributed by atoms with Crippen molar-refractivity contribution in [2.45, 2.75) is 6.92 Å². The van der Waals surface area contributed by atoms with E-state index in [0.29, 0.717) is 39.5 Å². The number of ketones is 1. The largest absolute Gasteiger partial charge is 0.495 e. The lowest BCUT2D eigenvalue weighted by Gasteiger charge is -2.08. The summed E-state index contributed by atoms with van der Waals surface area (Å²) in [5.41, 5.74) is 9.85. The summed E-state index contributed by atoms with van der Waals surface area (Å²) < 4.78 is 7.05. The molecular formula is C24H21N3O3. The van der Waals surface area contributed by atoms with Crippen molar-refractivity contribution in [1.29, 1.82) is 0 Å². The molecule has 0 spiro atoms. The molecule has 3 N–H and O–H groups in total. The Hall–Kier alpha value is -4.06. The van der Waals surface area contributed by atoms with Gasteiger partial charge in [0.2, 0.25) is 5.78 Å². The number of pyridine rings is 1. The van der Waals surface area contributed by atoms with Gasteiger partial charge in [-0.05, 0) is 49.4 Å². The number of hydrogen-bond acceptors (Lipinski definition) is 4. The standard InChI is InChI=1S/C24H21N3O3/c1-15-21(26-24(29)16-8-4-3-5-9-16)19-10-6-7-13-27(19)22(15)23(28)17-11-12-18(25)20(14-17)30-2/h3-14H,25H2,1-2H3,(H,26,29). The Balaban J connectivity index is 1.81. The number of fused-ring (bicyclic) bond motifs is 1. The highest BCUT2D eigenvalue weighted by Gasteiger charge is 2.23. The number of ether oxygens (including phenoxy) is 1. The van der Waals surface area contributed by atoms with Gasteiger partial charge in [-0.2, -0.15) is 0 Å². The van der Waals surface area contributed by atoms with Crippen LogP contribution in [0, 0.1) is 6.92 Å². The van der Waals surface area contributed by atoms with Gasteiger partial charge < -0.3 is 20.2 Å². The van der Waals surface area contributed by atoms with Crippen LogP contribution in [-0.4, -0.2) is 23.2 Å². The fourth-order valence-electron chi connectivity index (χ4n) is 3.53. The minimum Gasteiger partial charge on any atom is -0.495 e. The molecule has 0 aliphatic rings. The Bertz CT molecular complexity index is 1260. The van der Waals surface area contributed by atoms with Crippen molar-refractivity contribution in [3.05, 3.63) is 95.3 Å². The maximum Gasteiger partial charge on any atom is 0.255 e. The number of nitrogen functional groups attached to an aromatic ring is 1. The molecule has 0 saturated carbocycles. The summed E-state index contributed by atoms with van der Waals surface area (Å²) in [6.45, 7) is 1.83. The summed E-state index contributed by atoms with van der Waals surface area (Å²) in [4.78, 5) is 26.1. The van der Waals surface area contributed by atoms with E-state index < -0.39 is 0 Å². The first kappa shape index (κ1) is 19.3. The number of nitrogens with zero attached hydrogens (tertiary/aromatic N) is 1. The molecule has 0 atom stereocenters. The lowest BCUT2D eigenvalue weighted by molar-refractivity contribution is 0.102. The van der Waals surface area contributed by atoms with Crippen molar-refractivity contribution in [2.75, 3.05) is 18.2 Å². The highest BCUT2D eigenvalue weighted by molar-refractivity contribution is 6.14. The molecule has 4 rings (SSSR count). The summed E-state index contributed by atoms with van der Waals surface area (Å²) in [7, 11) is 1.51. The van der Waals surface area contributed by atoms with Crippen LogP contribution in [0.5, 0.6) is 5.75 Å². The van der Waals surface area contributed by atoms with Crippen LogP contribution in [-0.2, 0) is 0 Å². The molecule has 0 aliphatic heterocycles. The van der Waals surface area contributed by atoms with Crippen LogP contribution in [0.4, 0.5) is 11.4 Å². The van der Waals surface area contributed by atoms with Crippen molar-refractivity contribution in [1.82, 2.24) is 4.40 Å². The number of nitrogens with one attached hydrogen (secondary N) is 1. The van der Waals surface area contributed by atoms with Gasteiger partial charge in [-0.1, -0.05) is 24.3 Å². The zero-order valence-electron chi connectivity index (χ0n) is 16.7. The predicted molar refractivity (Wildman–Crippen MR) is 117 cm³/mol. The van der Waals surface area contributed by atoms with Crippen LogP contribution >= 0.6 is 0 Å². The summed E-state index contributed by atoms with van der Waals surface area (Å²) in [5.74, 6) is 0.0207. The number of amides is 1. The van der Waals surface area contributed by atoms with E-state index >= 15 is 0 Å². The second-order valence-corrected chi connectivity index (χ2v) is 6.91. The molecule has 4 aromatic rings. The van der Waals surface area contributed by atoms with Gasteiger partial charge in [-0.3, -0.25) is 9.59 Å². The van der Waals surface area contributed by atoms with Gasteiger partial charge in [-0.25, -0.2) is 0 Å². The fourth-order valence-corrected chi connectivity index (χ4v) is 3.53. The Morgan fingerprint density at radius 3 is 2.43 bits per heavy atom. The molecule has 6 nitrogen and oxygen atoms in total. The van der Waals surface area contributed by atoms with E-state index in [4.69, 9.17) is 10.5 Å². The second-order valence-electron chi connectivity index (χ2n) is 6.91. The first-order valence-corrected chi connectivity index (χ1v) is 9.45. The van der Waals surface area contributed by atoms with E-state index in [2.05, 4.69) is 5.32 Å². The third kappa shape index (κ3) is 3.28. The first-order valence-electron chi connectivity index (χ1n) is 9.45. The molecule has 0 fully saturated rings. The minimum atomic E-state index is -0.233. The molecule has 2 aromatic heterocycles. The monoisotopic (exact) mass is 399 g/mol. The summed E-state index contributed by atoms with van der Waals surface area (Å²) >= 11 is 0. The van der Waals surface area contributed by atoms with Crippen molar-refractivity contribution in [3.8, 4) is 5.75 Å². The van der Waals surface area contributed by atoms with Gasteiger partial charge in [0.15, 0.2) is 0 Å². The number of hydrogen-bond donors (Lipinski definition) is 2. The number of rotatable bonds is 5. The Labute approximate surface area is 173 Å². The van der Waals surface area contributed by atoms with Gasteiger partial charge in [0.25, 0.3) is 5.91 Å². The molecule has 150 valence electrons. The average molecular weight is 399 g/mol. The first-order chi connectivity index (χ1) is 14.5. The van der Waals surface area contributed by atoms with Gasteiger partial charge in [0, 0.05) is 22.9 Å². The third-order valence-corrected chi connectivity index (χ3v) is 5.07. The third-order valence-electron chi connectivity index (χ3n) is 5.07. The summed E-state index contributed by atoms with van der Waals surface area (Å²) in [5, 5.41) is 2.97. The lowest BCUT2D eigenvalue weighted by atomic mass is 10.0. The fraction of sp³-hybridized carbons (Fsp3) is 0.0833. The lowest BCUT2D eigenvalue weighted by Crippen LogP contribution is -2.12. The van der Waals surface area contributed by atoms with E-state index in [9.17, 15) is 9.59 Å². The zero-order valence-corrected chi connectivity index (χ0v) is 16.7. The highest BCUT2D eigenvalue weighted by Crippen LogP contribution is 2.31. The average Bonchev–Trinajstić information content (AvgIpc) is 3.05. The van der Waals surface area contributed by atoms with Crippen LogP contribution in [0.15, 0.2) is 72.9 Å². The Morgan fingerprint density at radius 2 is 1.70 bits per heavy atom. The smallest absolute Gasteiger partial charge is 0.255 e.